The number of ether oxygens (including phenoxy) is 1. The summed E-state index contributed by atoms with van der Waals surface area (Å²) in [5.41, 5.74) is 0.566. The zero-order valence-electron chi connectivity index (χ0n) is 11.9. The van der Waals surface area contributed by atoms with Crippen molar-refractivity contribution in [3.63, 3.8) is 0 Å². The zero-order chi connectivity index (χ0) is 15.2. The van der Waals surface area contributed by atoms with Crippen LogP contribution in [0.25, 0.3) is 0 Å². The van der Waals surface area contributed by atoms with Crippen molar-refractivity contribution in [2.45, 2.75) is 25.4 Å². The summed E-state index contributed by atoms with van der Waals surface area (Å²) in [7, 11) is 1.66. The smallest absolute Gasteiger partial charge is 0.317 e. The molecule has 2 heterocycles. The lowest BCUT2D eigenvalue weighted by atomic mass is 10.3. The molecular formula is C13H19N3O4S. The van der Waals surface area contributed by atoms with Crippen LogP contribution < -0.4 is 5.32 Å². The Kier molecular flexibility index (Phi) is 5.51. The molecule has 1 atom stereocenters. The second-order valence-electron chi connectivity index (χ2n) is 4.88. The van der Waals surface area contributed by atoms with Crippen molar-refractivity contribution in [1.82, 2.24) is 15.2 Å². The number of aliphatic carboxylic acids is 1. The average molecular weight is 313 g/mol. The molecule has 0 aliphatic carbocycles. The van der Waals surface area contributed by atoms with Crippen LogP contribution >= 0.6 is 11.3 Å². The number of nitrogens with zero attached hydrogens (tertiary/aromatic N) is 2. The van der Waals surface area contributed by atoms with Gasteiger partial charge in [0.15, 0.2) is 0 Å². The molecule has 0 aromatic carbocycles. The third-order valence-corrected chi connectivity index (χ3v) is 4.27. The fourth-order valence-electron chi connectivity index (χ4n) is 2.19. The van der Waals surface area contributed by atoms with Gasteiger partial charge in [0, 0.05) is 38.5 Å². The molecule has 0 spiro atoms. The van der Waals surface area contributed by atoms with E-state index in [1.165, 1.54) is 11.3 Å². The summed E-state index contributed by atoms with van der Waals surface area (Å²) < 4.78 is 5.22. The number of carbonyl (C=O) groups excluding carboxylic acids is 1. The summed E-state index contributed by atoms with van der Waals surface area (Å²) >= 11 is 1.42. The van der Waals surface area contributed by atoms with Crippen LogP contribution in [-0.2, 0) is 22.4 Å². The minimum atomic E-state index is -0.887. The number of carboxylic acid groups (broad SMARTS) is 1. The lowest BCUT2D eigenvalue weighted by Gasteiger charge is -2.16. The van der Waals surface area contributed by atoms with Gasteiger partial charge in [-0.15, -0.1) is 11.3 Å². The SMILES string of the molecule is CO[C@H]1CCN(C(=O)NCCc2nc(CC(=O)O)cs2)C1. The number of thiazole rings is 1. The Hall–Kier alpha value is -1.67. The number of hydrogen-bond acceptors (Lipinski definition) is 5. The average Bonchev–Trinajstić information content (AvgIpc) is 3.07. The summed E-state index contributed by atoms with van der Waals surface area (Å²) in [4.78, 5) is 28.4. The van der Waals surface area contributed by atoms with Crippen LogP contribution in [-0.4, -0.2) is 59.8 Å². The third kappa shape index (κ3) is 4.68. The number of aromatic nitrogens is 1. The number of urea groups is 1. The molecule has 1 aliphatic heterocycles. The number of rotatable bonds is 6. The van der Waals surface area contributed by atoms with E-state index in [1.807, 2.05) is 0 Å². The lowest BCUT2D eigenvalue weighted by molar-refractivity contribution is -0.136. The molecule has 7 nitrogen and oxygen atoms in total. The number of amides is 2. The quantitative estimate of drug-likeness (QED) is 0.808. The first-order valence-electron chi connectivity index (χ1n) is 6.79. The number of carboxylic acids is 1. The van der Waals surface area contributed by atoms with Gasteiger partial charge >= 0.3 is 12.0 Å². The molecule has 0 saturated carbocycles. The Balaban J connectivity index is 1.70. The van der Waals surface area contributed by atoms with E-state index in [1.54, 1.807) is 17.4 Å². The molecule has 0 unspecified atom stereocenters. The van der Waals surface area contributed by atoms with Gasteiger partial charge in [-0.05, 0) is 6.42 Å². The molecule has 21 heavy (non-hydrogen) atoms. The van der Waals surface area contributed by atoms with Crippen LogP contribution in [0.5, 0.6) is 0 Å². The van der Waals surface area contributed by atoms with Gasteiger partial charge in [0.1, 0.15) is 0 Å². The minimum Gasteiger partial charge on any atom is -0.481 e. The molecule has 8 heteroatoms. The fourth-order valence-corrected chi connectivity index (χ4v) is 2.99. The maximum Gasteiger partial charge on any atom is 0.317 e. The van der Waals surface area contributed by atoms with E-state index in [9.17, 15) is 9.59 Å². The summed E-state index contributed by atoms with van der Waals surface area (Å²) in [6, 6.07) is -0.0862. The van der Waals surface area contributed by atoms with E-state index in [-0.39, 0.29) is 18.6 Å². The summed E-state index contributed by atoms with van der Waals surface area (Å²) in [5.74, 6) is -0.887. The van der Waals surface area contributed by atoms with Crippen molar-refractivity contribution < 1.29 is 19.4 Å². The molecule has 1 aromatic rings. The molecule has 1 fully saturated rings. The van der Waals surface area contributed by atoms with E-state index in [2.05, 4.69) is 10.3 Å². The van der Waals surface area contributed by atoms with Crippen LogP contribution in [0.4, 0.5) is 4.79 Å². The van der Waals surface area contributed by atoms with Crippen molar-refractivity contribution in [3.8, 4) is 0 Å². The van der Waals surface area contributed by atoms with Crippen LogP contribution in [0.15, 0.2) is 5.38 Å². The second-order valence-corrected chi connectivity index (χ2v) is 5.82. The van der Waals surface area contributed by atoms with Gasteiger partial charge < -0.3 is 20.1 Å². The molecule has 116 valence electrons. The van der Waals surface area contributed by atoms with E-state index in [0.29, 0.717) is 31.7 Å². The predicted octanol–water partition coefficient (Wildman–Crippen LogP) is 0.743. The van der Waals surface area contributed by atoms with E-state index >= 15 is 0 Å². The molecule has 1 aliphatic rings. The first-order chi connectivity index (χ1) is 10.1. The van der Waals surface area contributed by atoms with Gasteiger partial charge in [-0.25, -0.2) is 9.78 Å². The third-order valence-electron chi connectivity index (χ3n) is 3.31. The van der Waals surface area contributed by atoms with E-state index in [4.69, 9.17) is 9.84 Å². The van der Waals surface area contributed by atoms with Crippen LogP contribution in [0.3, 0.4) is 0 Å². The Bertz CT molecular complexity index is 505. The maximum absolute atomic E-state index is 11.9. The first kappa shape index (κ1) is 15.7. The summed E-state index contributed by atoms with van der Waals surface area (Å²) in [6.45, 7) is 1.83. The number of carbonyl (C=O) groups is 2. The Labute approximate surface area is 126 Å². The van der Waals surface area contributed by atoms with Crippen LogP contribution in [0.2, 0.25) is 0 Å². The van der Waals surface area contributed by atoms with Crippen molar-refractivity contribution >= 4 is 23.3 Å². The highest BCUT2D eigenvalue weighted by Crippen LogP contribution is 2.12. The van der Waals surface area contributed by atoms with Crippen LogP contribution in [0.1, 0.15) is 17.1 Å². The Morgan fingerprint density at radius 3 is 3.10 bits per heavy atom. The highest BCUT2D eigenvalue weighted by atomic mass is 32.1. The van der Waals surface area contributed by atoms with E-state index in [0.717, 1.165) is 11.4 Å². The number of hydrogen-bond donors (Lipinski definition) is 2. The monoisotopic (exact) mass is 313 g/mol. The van der Waals surface area contributed by atoms with Gasteiger partial charge in [-0.3, -0.25) is 4.79 Å². The highest BCUT2D eigenvalue weighted by Gasteiger charge is 2.25. The highest BCUT2D eigenvalue weighted by molar-refractivity contribution is 7.09. The van der Waals surface area contributed by atoms with Gasteiger partial charge in [-0.1, -0.05) is 0 Å². The first-order valence-corrected chi connectivity index (χ1v) is 7.67. The van der Waals surface area contributed by atoms with Gasteiger partial charge in [0.25, 0.3) is 0 Å². The molecule has 2 amide bonds. The summed E-state index contributed by atoms with van der Waals surface area (Å²) in [6.07, 6.45) is 1.55. The molecule has 2 rings (SSSR count). The fraction of sp³-hybridized carbons (Fsp3) is 0.615. The van der Waals surface area contributed by atoms with Crippen LogP contribution in [0, 0.1) is 0 Å². The molecule has 1 saturated heterocycles. The van der Waals surface area contributed by atoms with Crippen molar-refractivity contribution in [1.29, 1.82) is 0 Å². The normalized spacial score (nSPS) is 18.0. The molecule has 0 radical (unpaired) electrons. The number of likely N-dealkylation sites (tertiary alicyclic amines) is 1. The van der Waals surface area contributed by atoms with Crippen molar-refractivity contribution in [2.24, 2.45) is 0 Å². The van der Waals surface area contributed by atoms with Gasteiger partial charge in [0.2, 0.25) is 0 Å². The minimum absolute atomic E-state index is 0.0605. The van der Waals surface area contributed by atoms with Gasteiger partial charge in [0.05, 0.1) is 23.2 Å². The lowest BCUT2D eigenvalue weighted by Crippen LogP contribution is -2.39. The molecule has 0 bridgehead atoms. The Morgan fingerprint density at radius 2 is 2.43 bits per heavy atom. The number of methoxy groups -OCH3 is 1. The largest absolute Gasteiger partial charge is 0.481 e. The van der Waals surface area contributed by atoms with Gasteiger partial charge in [-0.2, -0.15) is 0 Å². The van der Waals surface area contributed by atoms with E-state index < -0.39 is 5.97 Å². The second kappa shape index (κ2) is 7.37. The molecule has 2 N–H and O–H groups in total. The molecule has 1 aromatic heterocycles. The topological polar surface area (TPSA) is 91.8 Å². The number of nitrogens with one attached hydrogen (secondary N) is 1. The standard InChI is InChI=1S/C13H19N3O4S/c1-20-10-3-5-16(7-10)13(19)14-4-2-11-15-9(8-21-11)6-12(17)18/h8,10H,2-7H2,1H3,(H,14,19)(H,17,18)/t10-/m0/s1. The zero-order valence-corrected chi connectivity index (χ0v) is 12.7. The van der Waals surface area contributed by atoms with Crippen molar-refractivity contribution in [3.05, 3.63) is 16.1 Å². The predicted molar refractivity (Wildman–Crippen MR) is 77.5 cm³/mol. The molecular weight excluding hydrogens is 294 g/mol. The maximum atomic E-state index is 11.9. The summed E-state index contributed by atoms with van der Waals surface area (Å²) in [5, 5.41) is 14.1. The van der Waals surface area contributed by atoms with Crippen molar-refractivity contribution in [2.75, 3.05) is 26.7 Å². The Morgan fingerprint density at radius 1 is 1.62 bits per heavy atom.